The molecule has 0 bridgehead atoms. The first-order valence-corrected chi connectivity index (χ1v) is 20.3. The minimum Gasteiger partial charge on any atom is -0.492 e. The van der Waals surface area contributed by atoms with E-state index in [1.807, 2.05) is 19.1 Å². The SMILES string of the molecule is Cc1c(COc2cc(OCc3cncc(C#N)c3)c(CNC[C@@H](O)CC(=O)O)cc2Cl)cccc1C1=CC=CC(c2ccc(OCCNC[C@@H](O)CC(=O)O)cc2)(C(F)(F)F)C1C. The molecular weight excluding hydrogens is 845 g/mol. The number of ether oxygens (including phenoxy) is 3. The van der Waals surface area contributed by atoms with Gasteiger partial charge in [-0.1, -0.05) is 67.1 Å². The Bertz CT molecular complexity index is 2340. The number of aliphatic hydroxyl groups is 2. The number of nitrogens with zero attached hydrogens (tertiary/aromatic N) is 2. The molecule has 5 rings (SSSR count). The molecule has 17 heteroatoms. The van der Waals surface area contributed by atoms with Crippen LogP contribution < -0.4 is 24.8 Å². The maximum absolute atomic E-state index is 15.4. The number of pyridine rings is 1. The Labute approximate surface area is 367 Å². The lowest BCUT2D eigenvalue weighted by atomic mass is 9.64. The van der Waals surface area contributed by atoms with Crippen molar-refractivity contribution in [3.63, 3.8) is 0 Å². The molecular formula is C46H48ClF3N4O9. The summed E-state index contributed by atoms with van der Waals surface area (Å²) in [6, 6.07) is 18.0. The maximum Gasteiger partial charge on any atom is 0.402 e. The highest BCUT2D eigenvalue weighted by atomic mass is 35.5. The summed E-state index contributed by atoms with van der Waals surface area (Å²) in [4.78, 5) is 25.8. The topological polar surface area (TPSA) is 203 Å². The van der Waals surface area contributed by atoms with Gasteiger partial charge < -0.3 is 45.3 Å². The highest BCUT2D eigenvalue weighted by molar-refractivity contribution is 6.32. The number of rotatable bonds is 22. The summed E-state index contributed by atoms with van der Waals surface area (Å²) >= 11 is 6.71. The van der Waals surface area contributed by atoms with Crippen LogP contribution >= 0.6 is 11.6 Å². The van der Waals surface area contributed by atoms with Crippen LogP contribution in [-0.2, 0) is 34.8 Å². The Morgan fingerprint density at radius 2 is 1.60 bits per heavy atom. The second kappa shape index (κ2) is 21.9. The van der Waals surface area contributed by atoms with E-state index in [2.05, 4.69) is 15.6 Å². The monoisotopic (exact) mass is 892 g/mol. The molecule has 1 aliphatic carbocycles. The standard InChI is InChI=1S/C46H48ClF3N4O9/c1-28-32(27-63-42-19-41(62-26-31-15-30(20-51)21-53-22-31)33(16-40(42)47)23-54-25-36(56)18-44(59)60)5-3-6-38(28)39-7-4-12-45(29(39)2,46(48,49)50)34-8-10-37(11-9-34)61-14-13-52-24-35(55)17-43(57)58/h3-12,15-16,19,21-22,29,35-36,52,54-56H,13-14,17-18,23-27H2,1-2H3,(H,57,58)(H,59,60)/t29?,35-,36-,45?/m0/s1. The highest BCUT2D eigenvalue weighted by Crippen LogP contribution is 2.54. The van der Waals surface area contributed by atoms with Crippen LogP contribution in [0.2, 0.25) is 5.02 Å². The Balaban J connectivity index is 1.32. The maximum atomic E-state index is 15.4. The average molecular weight is 893 g/mol. The summed E-state index contributed by atoms with van der Waals surface area (Å²) in [5.74, 6) is -2.39. The molecule has 1 aliphatic rings. The van der Waals surface area contributed by atoms with Crippen LogP contribution in [0.5, 0.6) is 17.2 Å². The summed E-state index contributed by atoms with van der Waals surface area (Å²) in [5.41, 5.74) is 1.66. The molecule has 0 saturated carbocycles. The number of nitriles is 1. The normalized spacial score (nSPS) is 17.0. The molecule has 0 aliphatic heterocycles. The van der Waals surface area contributed by atoms with Crippen molar-refractivity contribution in [3.05, 3.63) is 135 Å². The molecule has 4 aromatic rings. The van der Waals surface area contributed by atoms with Gasteiger partial charge in [0, 0.05) is 61.7 Å². The molecule has 63 heavy (non-hydrogen) atoms. The minimum absolute atomic E-state index is 0.00619. The van der Waals surface area contributed by atoms with Gasteiger partial charge in [-0.3, -0.25) is 14.6 Å². The fourth-order valence-electron chi connectivity index (χ4n) is 7.32. The van der Waals surface area contributed by atoms with Crippen LogP contribution in [-0.4, -0.2) is 82.0 Å². The van der Waals surface area contributed by atoms with Gasteiger partial charge in [-0.2, -0.15) is 18.4 Å². The van der Waals surface area contributed by atoms with E-state index in [0.717, 1.165) is 0 Å². The van der Waals surface area contributed by atoms with E-state index >= 15 is 13.2 Å². The number of aliphatic carboxylic acids is 2. The third-order valence-electron chi connectivity index (χ3n) is 10.6. The van der Waals surface area contributed by atoms with Crippen LogP contribution in [0.3, 0.4) is 0 Å². The molecule has 1 aromatic heterocycles. The van der Waals surface area contributed by atoms with E-state index in [4.69, 9.17) is 36.0 Å². The Kier molecular flexibility index (Phi) is 16.7. The number of carboxylic acid groups (broad SMARTS) is 2. The van der Waals surface area contributed by atoms with Crippen molar-refractivity contribution in [2.24, 2.45) is 5.92 Å². The molecule has 13 nitrogen and oxygen atoms in total. The molecule has 0 fully saturated rings. The quantitative estimate of drug-likeness (QED) is 0.0446. The average Bonchev–Trinajstić information content (AvgIpc) is 3.23. The fraction of sp³-hybridized carbons (Fsp3) is 0.348. The summed E-state index contributed by atoms with van der Waals surface area (Å²) in [6.07, 6.45) is -0.457. The number of hydrogen-bond donors (Lipinski definition) is 6. The summed E-state index contributed by atoms with van der Waals surface area (Å²) in [6.45, 7) is 3.97. The molecule has 1 heterocycles. The number of carbonyl (C=O) groups is 2. The van der Waals surface area contributed by atoms with Crippen LogP contribution in [0.25, 0.3) is 5.57 Å². The lowest BCUT2D eigenvalue weighted by molar-refractivity contribution is -0.184. The van der Waals surface area contributed by atoms with Crippen molar-refractivity contribution >= 4 is 29.1 Å². The Hall–Kier alpha value is -5.96. The number of hydrogen-bond acceptors (Lipinski definition) is 11. The second-order valence-electron chi connectivity index (χ2n) is 15.0. The predicted molar refractivity (Wildman–Crippen MR) is 227 cm³/mol. The minimum atomic E-state index is -4.69. The number of alkyl halides is 3. The number of allylic oxidation sites excluding steroid dienone is 4. The zero-order chi connectivity index (χ0) is 45.7. The van der Waals surface area contributed by atoms with Crippen molar-refractivity contribution in [3.8, 4) is 23.3 Å². The molecule has 0 spiro atoms. The summed E-state index contributed by atoms with van der Waals surface area (Å²) in [7, 11) is 0. The van der Waals surface area contributed by atoms with Crippen molar-refractivity contribution in [1.82, 2.24) is 15.6 Å². The Morgan fingerprint density at radius 1 is 0.921 bits per heavy atom. The summed E-state index contributed by atoms with van der Waals surface area (Å²) < 4.78 is 64.3. The third kappa shape index (κ3) is 12.6. The van der Waals surface area contributed by atoms with Gasteiger partial charge in [0.25, 0.3) is 0 Å². The summed E-state index contributed by atoms with van der Waals surface area (Å²) in [5, 5.41) is 52.9. The molecule has 0 saturated heterocycles. The molecule has 2 unspecified atom stereocenters. The van der Waals surface area contributed by atoms with Crippen molar-refractivity contribution in [2.75, 3.05) is 26.2 Å². The van der Waals surface area contributed by atoms with Gasteiger partial charge in [0.2, 0.25) is 0 Å². The zero-order valence-electron chi connectivity index (χ0n) is 34.5. The molecule has 0 radical (unpaired) electrons. The number of aliphatic hydroxyl groups excluding tert-OH is 2. The number of aromatic nitrogens is 1. The Morgan fingerprint density at radius 3 is 2.27 bits per heavy atom. The van der Waals surface area contributed by atoms with E-state index in [1.54, 1.807) is 49.5 Å². The van der Waals surface area contributed by atoms with Crippen molar-refractivity contribution in [1.29, 1.82) is 5.26 Å². The van der Waals surface area contributed by atoms with Gasteiger partial charge in [-0.05, 0) is 59.0 Å². The van der Waals surface area contributed by atoms with Crippen molar-refractivity contribution in [2.45, 2.75) is 70.2 Å². The van der Waals surface area contributed by atoms with Gasteiger partial charge in [0.1, 0.15) is 48.6 Å². The first-order valence-electron chi connectivity index (χ1n) is 19.9. The van der Waals surface area contributed by atoms with Crippen LogP contribution in [0.4, 0.5) is 13.2 Å². The first kappa shape index (κ1) is 48.1. The molecule has 3 aromatic carbocycles. The van der Waals surface area contributed by atoms with E-state index in [1.165, 1.54) is 42.6 Å². The van der Waals surface area contributed by atoms with Crippen LogP contribution in [0.1, 0.15) is 58.7 Å². The molecule has 4 atom stereocenters. The third-order valence-corrected chi connectivity index (χ3v) is 10.9. The molecule has 6 N–H and O–H groups in total. The van der Waals surface area contributed by atoms with Gasteiger partial charge in [-0.15, -0.1) is 0 Å². The van der Waals surface area contributed by atoms with E-state index in [9.17, 15) is 25.1 Å². The number of benzene rings is 3. The highest BCUT2D eigenvalue weighted by Gasteiger charge is 2.59. The lowest BCUT2D eigenvalue weighted by Gasteiger charge is -2.42. The van der Waals surface area contributed by atoms with E-state index in [0.29, 0.717) is 50.5 Å². The second-order valence-corrected chi connectivity index (χ2v) is 15.4. The fourth-order valence-corrected chi connectivity index (χ4v) is 7.56. The van der Waals surface area contributed by atoms with Gasteiger partial charge in [0.15, 0.2) is 0 Å². The van der Waals surface area contributed by atoms with Crippen LogP contribution in [0, 0.1) is 24.2 Å². The van der Waals surface area contributed by atoms with Crippen LogP contribution in [0.15, 0.2) is 91.3 Å². The smallest absolute Gasteiger partial charge is 0.402 e. The number of nitrogens with one attached hydrogen (secondary N) is 2. The number of carboxylic acids is 2. The molecule has 0 amide bonds. The van der Waals surface area contributed by atoms with E-state index in [-0.39, 0.29) is 62.3 Å². The lowest BCUT2D eigenvalue weighted by Crippen LogP contribution is -2.47. The largest absolute Gasteiger partial charge is 0.492 e. The van der Waals surface area contributed by atoms with Gasteiger partial charge in [-0.25, -0.2) is 0 Å². The van der Waals surface area contributed by atoms with Crippen molar-refractivity contribution < 1.29 is 57.4 Å². The number of halogens is 4. The van der Waals surface area contributed by atoms with Gasteiger partial charge in [0.05, 0.1) is 35.6 Å². The van der Waals surface area contributed by atoms with Gasteiger partial charge >= 0.3 is 18.1 Å². The first-order chi connectivity index (χ1) is 30.0. The van der Waals surface area contributed by atoms with E-state index < -0.39 is 54.5 Å². The predicted octanol–water partition coefficient (Wildman–Crippen LogP) is 6.89. The zero-order valence-corrected chi connectivity index (χ0v) is 35.2. The molecule has 334 valence electrons.